The van der Waals surface area contributed by atoms with Gasteiger partial charge in [0.05, 0.1) is 6.61 Å². The Hall–Kier alpha value is -1.43. The summed E-state index contributed by atoms with van der Waals surface area (Å²) in [7, 11) is 1.54. The van der Waals surface area contributed by atoms with Crippen LogP contribution in [0.25, 0.3) is 0 Å². The van der Waals surface area contributed by atoms with Crippen molar-refractivity contribution in [3.8, 4) is 0 Å². The minimum atomic E-state index is -0.612. The third-order valence-electron chi connectivity index (χ3n) is 3.85. The standard InChI is InChI=1S/C16H24N2O3/c1-21-15(13-6-3-2-4-7-13)16(20)18(10-11-19)12-14-8-5-9-17-14/h2-4,6-7,14-15,17,19H,5,8-12H2,1H3. The van der Waals surface area contributed by atoms with Gasteiger partial charge in [-0.1, -0.05) is 30.3 Å². The Morgan fingerprint density at radius 2 is 2.24 bits per heavy atom. The highest BCUT2D eigenvalue weighted by Crippen LogP contribution is 2.20. The van der Waals surface area contributed by atoms with E-state index in [2.05, 4.69) is 5.32 Å². The summed E-state index contributed by atoms with van der Waals surface area (Å²) < 4.78 is 5.40. The van der Waals surface area contributed by atoms with Crippen molar-refractivity contribution < 1.29 is 14.6 Å². The average molecular weight is 292 g/mol. The number of carbonyl (C=O) groups excluding carboxylic acids is 1. The molecule has 2 N–H and O–H groups in total. The van der Waals surface area contributed by atoms with Crippen LogP contribution in [0.4, 0.5) is 0 Å². The van der Waals surface area contributed by atoms with Gasteiger partial charge in [-0.2, -0.15) is 0 Å². The Morgan fingerprint density at radius 1 is 1.48 bits per heavy atom. The lowest BCUT2D eigenvalue weighted by molar-refractivity contribution is -0.143. The molecule has 2 atom stereocenters. The number of methoxy groups -OCH3 is 1. The fourth-order valence-corrected chi connectivity index (χ4v) is 2.76. The summed E-state index contributed by atoms with van der Waals surface area (Å²) in [6.07, 6.45) is 1.59. The molecule has 1 aliphatic rings. The molecular formula is C16H24N2O3. The van der Waals surface area contributed by atoms with Gasteiger partial charge in [-0.25, -0.2) is 0 Å². The van der Waals surface area contributed by atoms with E-state index in [0.717, 1.165) is 24.9 Å². The van der Waals surface area contributed by atoms with Gasteiger partial charge >= 0.3 is 0 Å². The van der Waals surface area contributed by atoms with E-state index in [4.69, 9.17) is 4.74 Å². The average Bonchev–Trinajstić information content (AvgIpc) is 3.01. The summed E-state index contributed by atoms with van der Waals surface area (Å²) in [5, 5.41) is 12.6. The van der Waals surface area contributed by atoms with Gasteiger partial charge < -0.3 is 20.1 Å². The van der Waals surface area contributed by atoms with Crippen LogP contribution in [-0.4, -0.2) is 55.3 Å². The highest BCUT2D eigenvalue weighted by Gasteiger charge is 2.28. The normalized spacial score (nSPS) is 19.4. The smallest absolute Gasteiger partial charge is 0.256 e. The number of aliphatic hydroxyl groups is 1. The molecule has 0 radical (unpaired) electrons. The van der Waals surface area contributed by atoms with Crippen molar-refractivity contribution in [1.29, 1.82) is 0 Å². The van der Waals surface area contributed by atoms with Crippen LogP contribution in [0.3, 0.4) is 0 Å². The fourth-order valence-electron chi connectivity index (χ4n) is 2.76. The zero-order valence-corrected chi connectivity index (χ0v) is 12.5. The Morgan fingerprint density at radius 3 is 2.81 bits per heavy atom. The van der Waals surface area contributed by atoms with Crippen LogP contribution < -0.4 is 5.32 Å². The van der Waals surface area contributed by atoms with Gasteiger partial charge in [-0.3, -0.25) is 4.79 Å². The molecule has 1 amide bonds. The predicted octanol–water partition coefficient (Wildman–Crippen LogP) is 0.947. The summed E-state index contributed by atoms with van der Waals surface area (Å²) in [6, 6.07) is 9.78. The third-order valence-corrected chi connectivity index (χ3v) is 3.85. The molecule has 1 fully saturated rings. The zero-order valence-electron chi connectivity index (χ0n) is 12.5. The first kappa shape index (κ1) is 15.9. The molecule has 0 spiro atoms. The van der Waals surface area contributed by atoms with Crippen LogP contribution in [0.2, 0.25) is 0 Å². The monoisotopic (exact) mass is 292 g/mol. The molecular weight excluding hydrogens is 268 g/mol. The zero-order chi connectivity index (χ0) is 15.1. The number of aliphatic hydroxyl groups excluding tert-OH is 1. The first-order valence-corrected chi connectivity index (χ1v) is 7.47. The van der Waals surface area contributed by atoms with Gasteiger partial charge in [0.2, 0.25) is 0 Å². The minimum Gasteiger partial charge on any atom is -0.395 e. The van der Waals surface area contributed by atoms with Crippen LogP contribution in [0.15, 0.2) is 30.3 Å². The minimum absolute atomic E-state index is 0.0380. The molecule has 0 aromatic heterocycles. The Labute approximate surface area is 125 Å². The summed E-state index contributed by atoms with van der Waals surface area (Å²) in [5.41, 5.74) is 0.840. The van der Waals surface area contributed by atoms with Gasteiger partial charge in [-0.15, -0.1) is 0 Å². The molecule has 1 aliphatic heterocycles. The van der Waals surface area contributed by atoms with E-state index in [9.17, 15) is 9.90 Å². The number of hydrogen-bond acceptors (Lipinski definition) is 4. The molecule has 1 saturated heterocycles. The van der Waals surface area contributed by atoms with E-state index in [1.54, 1.807) is 12.0 Å². The molecule has 1 aromatic rings. The van der Waals surface area contributed by atoms with E-state index in [0.29, 0.717) is 19.1 Å². The molecule has 0 saturated carbocycles. The van der Waals surface area contributed by atoms with Crippen LogP contribution in [0, 0.1) is 0 Å². The lowest BCUT2D eigenvalue weighted by atomic mass is 10.1. The molecule has 116 valence electrons. The van der Waals surface area contributed by atoms with Crippen molar-refractivity contribution in [2.24, 2.45) is 0 Å². The summed E-state index contributed by atoms with van der Waals surface area (Å²) in [6.45, 7) is 1.91. The second-order valence-corrected chi connectivity index (χ2v) is 5.33. The largest absolute Gasteiger partial charge is 0.395 e. The number of ether oxygens (including phenoxy) is 1. The number of nitrogens with one attached hydrogen (secondary N) is 1. The molecule has 0 bridgehead atoms. The van der Waals surface area contributed by atoms with Gasteiger partial charge in [-0.05, 0) is 24.9 Å². The highest BCUT2D eigenvalue weighted by atomic mass is 16.5. The van der Waals surface area contributed by atoms with E-state index >= 15 is 0 Å². The van der Waals surface area contributed by atoms with Gasteiger partial charge in [0.25, 0.3) is 5.91 Å². The van der Waals surface area contributed by atoms with E-state index in [1.165, 1.54) is 0 Å². The second kappa shape index (κ2) is 8.12. The number of carbonyl (C=O) groups is 1. The van der Waals surface area contributed by atoms with Crippen molar-refractivity contribution in [3.63, 3.8) is 0 Å². The van der Waals surface area contributed by atoms with Crippen LogP contribution in [0.1, 0.15) is 24.5 Å². The van der Waals surface area contributed by atoms with Gasteiger partial charge in [0.1, 0.15) is 0 Å². The number of rotatable bonds is 7. The molecule has 21 heavy (non-hydrogen) atoms. The maximum absolute atomic E-state index is 12.7. The third kappa shape index (κ3) is 4.27. The summed E-state index contributed by atoms with van der Waals surface area (Å²) >= 11 is 0. The van der Waals surface area contributed by atoms with Crippen LogP contribution in [0.5, 0.6) is 0 Å². The van der Waals surface area contributed by atoms with Crippen molar-refractivity contribution in [2.45, 2.75) is 25.0 Å². The van der Waals surface area contributed by atoms with E-state index < -0.39 is 6.10 Å². The first-order valence-electron chi connectivity index (χ1n) is 7.47. The lowest BCUT2D eigenvalue weighted by Crippen LogP contribution is -2.44. The van der Waals surface area contributed by atoms with Crippen molar-refractivity contribution in [1.82, 2.24) is 10.2 Å². The van der Waals surface area contributed by atoms with E-state index in [-0.39, 0.29) is 12.5 Å². The van der Waals surface area contributed by atoms with Crippen molar-refractivity contribution in [3.05, 3.63) is 35.9 Å². The Kier molecular flexibility index (Phi) is 6.17. The topological polar surface area (TPSA) is 61.8 Å². The molecule has 0 aliphatic carbocycles. The predicted molar refractivity (Wildman–Crippen MR) is 80.9 cm³/mol. The quantitative estimate of drug-likeness (QED) is 0.785. The second-order valence-electron chi connectivity index (χ2n) is 5.33. The fraction of sp³-hybridized carbons (Fsp3) is 0.562. The summed E-state index contributed by atoms with van der Waals surface area (Å²) in [4.78, 5) is 14.4. The number of benzene rings is 1. The number of amides is 1. The van der Waals surface area contributed by atoms with Crippen LogP contribution in [-0.2, 0) is 9.53 Å². The molecule has 1 aromatic carbocycles. The Balaban J connectivity index is 2.07. The van der Waals surface area contributed by atoms with E-state index in [1.807, 2.05) is 30.3 Å². The number of hydrogen-bond donors (Lipinski definition) is 2. The van der Waals surface area contributed by atoms with Crippen molar-refractivity contribution in [2.75, 3.05) is 33.4 Å². The van der Waals surface area contributed by atoms with Gasteiger partial charge in [0, 0.05) is 26.2 Å². The number of nitrogens with zero attached hydrogens (tertiary/aromatic N) is 1. The molecule has 5 heteroatoms. The molecule has 5 nitrogen and oxygen atoms in total. The molecule has 2 unspecified atom stereocenters. The molecule has 2 rings (SSSR count). The lowest BCUT2D eigenvalue weighted by Gasteiger charge is -2.28. The maximum Gasteiger partial charge on any atom is 0.256 e. The summed E-state index contributed by atoms with van der Waals surface area (Å²) in [5.74, 6) is -0.0913. The first-order chi connectivity index (χ1) is 10.3. The maximum atomic E-state index is 12.7. The molecule has 1 heterocycles. The SMILES string of the molecule is COC(C(=O)N(CCO)CC1CCCN1)c1ccccc1. The van der Waals surface area contributed by atoms with Crippen LogP contribution >= 0.6 is 0 Å². The van der Waals surface area contributed by atoms with Crippen molar-refractivity contribution >= 4 is 5.91 Å². The Bertz CT molecular complexity index is 432. The highest BCUT2D eigenvalue weighted by molar-refractivity contribution is 5.82. The van der Waals surface area contributed by atoms with Gasteiger partial charge in [0.15, 0.2) is 6.10 Å².